The number of carbonyl (C=O) groups excluding carboxylic acids is 2. The van der Waals surface area contributed by atoms with Crippen LogP contribution in [0, 0.1) is 6.57 Å². The lowest BCUT2D eigenvalue weighted by Crippen LogP contribution is -2.36. The van der Waals surface area contributed by atoms with E-state index in [0.29, 0.717) is 0 Å². The number of anilines is 1. The van der Waals surface area contributed by atoms with Crippen LogP contribution in [0.25, 0.3) is 16.2 Å². The third-order valence-corrected chi connectivity index (χ3v) is 5.81. The summed E-state index contributed by atoms with van der Waals surface area (Å²) in [7, 11) is -2.80. The third kappa shape index (κ3) is 4.22. The van der Waals surface area contributed by atoms with E-state index < -0.39 is 21.8 Å². The SMILES string of the molecule is [C-]#[N+]c1c(NN2C(=O)C=C(C)C2=O)nc(-c2ccc(OC)c(S(N)(=O)=O)c2)nc1SC. The van der Waals surface area contributed by atoms with Crippen LogP contribution in [0.5, 0.6) is 5.75 Å². The maximum atomic E-state index is 12.2. The molecule has 0 saturated carbocycles. The molecule has 1 aliphatic rings. The Balaban J connectivity index is 2.16. The number of nitrogens with zero attached hydrogens (tertiary/aromatic N) is 4. The second-order valence-corrected chi connectivity index (χ2v) is 8.52. The molecule has 0 atom stereocenters. The minimum absolute atomic E-state index is 0.00147. The summed E-state index contributed by atoms with van der Waals surface area (Å²) in [6.45, 7) is 8.95. The van der Waals surface area contributed by atoms with Crippen LogP contribution < -0.4 is 15.3 Å². The van der Waals surface area contributed by atoms with Crippen LogP contribution in [0.4, 0.5) is 11.5 Å². The zero-order chi connectivity index (χ0) is 22.9. The zero-order valence-corrected chi connectivity index (χ0v) is 18.2. The summed E-state index contributed by atoms with van der Waals surface area (Å²) in [5, 5.41) is 6.28. The summed E-state index contributed by atoms with van der Waals surface area (Å²) in [5.41, 5.74) is 3.08. The topological polar surface area (TPSA) is 149 Å². The lowest BCUT2D eigenvalue weighted by molar-refractivity contribution is -0.135. The van der Waals surface area contributed by atoms with Gasteiger partial charge in [0.2, 0.25) is 10.0 Å². The van der Waals surface area contributed by atoms with Crippen molar-refractivity contribution in [3.63, 3.8) is 0 Å². The first kappa shape index (κ1) is 22.2. The molecule has 160 valence electrons. The highest BCUT2D eigenvalue weighted by Gasteiger charge is 2.30. The van der Waals surface area contributed by atoms with E-state index in [4.69, 9.17) is 16.4 Å². The van der Waals surface area contributed by atoms with Crippen molar-refractivity contribution in [3.05, 3.63) is 41.3 Å². The lowest BCUT2D eigenvalue weighted by Gasteiger charge is -2.19. The largest absolute Gasteiger partial charge is 0.495 e. The van der Waals surface area contributed by atoms with Crippen LogP contribution in [-0.2, 0) is 19.6 Å². The molecule has 13 heteroatoms. The molecule has 0 radical (unpaired) electrons. The maximum absolute atomic E-state index is 12.2. The van der Waals surface area contributed by atoms with Gasteiger partial charge in [-0.2, -0.15) is 5.01 Å². The number of hydrazine groups is 1. The molecule has 1 aliphatic heterocycles. The van der Waals surface area contributed by atoms with Gasteiger partial charge in [-0.1, -0.05) is 0 Å². The second kappa shape index (κ2) is 8.34. The molecule has 0 unspecified atom stereocenters. The van der Waals surface area contributed by atoms with Gasteiger partial charge >= 0.3 is 0 Å². The number of sulfonamides is 1. The third-order valence-electron chi connectivity index (χ3n) is 4.20. The molecule has 3 rings (SSSR count). The molecule has 2 aromatic rings. The molecule has 1 aromatic carbocycles. The number of aromatic nitrogens is 2. The van der Waals surface area contributed by atoms with Crippen LogP contribution in [0.15, 0.2) is 39.8 Å². The van der Waals surface area contributed by atoms with Crippen molar-refractivity contribution in [2.45, 2.75) is 16.8 Å². The first-order valence-corrected chi connectivity index (χ1v) is 11.3. The quantitative estimate of drug-likeness (QED) is 0.284. The van der Waals surface area contributed by atoms with Gasteiger partial charge in [-0.15, -0.1) is 11.8 Å². The average Bonchev–Trinajstić information content (AvgIpc) is 2.97. The number of imide groups is 1. The second-order valence-electron chi connectivity index (χ2n) is 6.19. The van der Waals surface area contributed by atoms with Crippen molar-refractivity contribution >= 4 is 45.1 Å². The Kier molecular flexibility index (Phi) is 5.98. The number of primary sulfonamides is 1. The number of benzene rings is 1. The molecular formula is C18H16N6O5S2. The summed E-state index contributed by atoms with van der Waals surface area (Å²) in [6.07, 6.45) is 2.85. The van der Waals surface area contributed by atoms with E-state index in [1.807, 2.05) is 0 Å². The number of hydrogen-bond acceptors (Lipinski definition) is 9. The van der Waals surface area contributed by atoms with Crippen molar-refractivity contribution in [2.24, 2.45) is 5.14 Å². The number of rotatable bonds is 6. The highest BCUT2D eigenvalue weighted by molar-refractivity contribution is 7.98. The van der Waals surface area contributed by atoms with Gasteiger partial charge in [-0.3, -0.25) is 15.0 Å². The zero-order valence-electron chi connectivity index (χ0n) is 16.5. The van der Waals surface area contributed by atoms with Crippen molar-refractivity contribution in [3.8, 4) is 17.1 Å². The minimum atomic E-state index is -4.11. The van der Waals surface area contributed by atoms with E-state index in [1.54, 1.807) is 6.26 Å². The number of thioether (sulfide) groups is 1. The van der Waals surface area contributed by atoms with Crippen LogP contribution in [0.3, 0.4) is 0 Å². The molecule has 0 saturated heterocycles. The standard InChI is InChI=1S/C18H16N6O5S2/c1-9-7-13(25)24(18(9)26)23-16-14(20-2)17(30-4)22-15(21-16)10-5-6-11(29-3)12(8-10)31(19,27)28/h5-8H,1,3-4H3,(H2,19,27,28)(H,21,22,23). The van der Waals surface area contributed by atoms with E-state index in [-0.39, 0.29) is 44.1 Å². The highest BCUT2D eigenvalue weighted by Crippen LogP contribution is 2.36. The molecule has 0 aliphatic carbocycles. The Morgan fingerprint density at radius 1 is 1.29 bits per heavy atom. The molecule has 31 heavy (non-hydrogen) atoms. The Labute approximate surface area is 182 Å². The average molecular weight is 460 g/mol. The van der Waals surface area contributed by atoms with Crippen molar-refractivity contribution < 1.29 is 22.7 Å². The number of carbonyl (C=O) groups is 2. The van der Waals surface area contributed by atoms with Gasteiger partial charge < -0.3 is 4.74 Å². The van der Waals surface area contributed by atoms with Gasteiger partial charge in [-0.25, -0.2) is 28.4 Å². The van der Waals surface area contributed by atoms with Gasteiger partial charge in [0.05, 0.1) is 13.7 Å². The monoisotopic (exact) mass is 460 g/mol. The maximum Gasteiger partial charge on any atom is 0.275 e. The van der Waals surface area contributed by atoms with Crippen LogP contribution in [-0.4, -0.2) is 48.6 Å². The fourth-order valence-electron chi connectivity index (χ4n) is 2.72. The van der Waals surface area contributed by atoms with Crippen LogP contribution in [0.2, 0.25) is 0 Å². The summed E-state index contributed by atoms with van der Waals surface area (Å²) in [5.74, 6) is -1.17. The summed E-state index contributed by atoms with van der Waals surface area (Å²) >= 11 is 1.15. The Hall–Kier alpha value is -3.47. The first-order valence-electron chi connectivity index (χ1n) is 8.48. The number of nitrogens with one attached hydrogen (secondary N) is 1. The van der Waals surface area contributed by atoms with Crippen LogP contribution >= 0.6 is 11.8 Å². The Bertz CT molecular complexity index is 1280. The van der Waals surface area contributed by atoms with Gasteiger partial charge in [0.1, 0.15) is 15.7 Å². The van der Waals surface area contributed by atoms with E-state index in [0.717, 1.165) is 22.8 Å². The molecule has 2 amide bonds. The van der Waals surface area contributed by atoms with Crippen molar-refractivity contribution in [2.75, 3.05) is 18.8 Å². The smallest absolute Gasteiger partial charge is 0.275 e. The van der Waals surface area contributed by atoms with Gasteiger partial charge in [0, 0.05) is 17.2 Å². The van der Waals surface area contributed by atoms with E-state index >= 15 is 0 Å². The first-order chi connectivity index (χ1) is 14.6. The Morgan fingerprint density at radius 2 is 2.00 bits per heavy atom. The van der Waals surface area contributed by atoms with Gasteiger partial charge in [0.15, 0.2) is 11.6 Å². The molecule has 3 N–H and O–H groups in total. The number of methoxy groups -OCH3 is 1. The molecule has 1 aromatic heterocycles. The van der Waals surface area contributed by atoms with Crippen molar-refractivity contribution in [1.82, 2.24) is 15.0 Å². The lowest BCUT2D eigenvalue weighted by atomic mass is 10.2. The molecule has 0 bridgehead atoms. The molecule has 0 spiro atoms. The number of ether oxygens (including phenoxy) is 1. The summed E-state index contributed by atoms with van der Waals surface area (Å²) in [6, 6.07) is 4.16. The van der Waals surface area contributed by atoms with Crippen molar-refractivity contribution in [1.29, 1.82) is 0 Å². The predicted molar refractivity (Wildman–Crippen MR) is 113 cm³/mol. The molecule has 11 nitrogen and oxygen atoms in total. The summed E-state index contributed by atoms with van der Waals surface area (Å²) < 4.78 is 28.9. The Morgan fingerprint density at radius 3 is 2.52 bits per heavy atom. The van der Waals surface area contributed by atoms with E-state index in [9.17, 15) is 18.0 Å². The van der Waals surface area contributed by atoms with Crippen LogP contribution in [0.1, 0.15) is 6.92 Å². The van der Waals surface area contributed by atoms with E-state index in [1.165, 1.54) is 32.2 Å². The number of amides is 2. The number of hydrogen-bond donors (Lipinski definition) is 2. The fourth-order valence-corrected chi connectivity index (χ4v) is 3.96. The van der Waals surface area contributed by atoms with E-state index in [2.05, 4.69) is 20.2 Å². The fraction of sp³-hybridized carbons (Fsp3) is 0.167. The highest BCUT2D eigenvalue weighted by atomic mass is 32.2. The molecule has 2 heterocycles. The van der Waals surface area contributed by atoms with Gasteiger partial charge in [-0.05, 0) is 31.4 Å². The number of nitrogens with two attached hydrogens (primary N) is 1. The normalized spacial score (nSPS) is 13.8. The molecular weight excluding hydrogens is 444 g/mol. The van der Waals surface area contributed by atoms with Gasteiger partial charge in [0.25, 0.3) is 17.5 Å². The molecule has 0 fully saturated rings. The summed E-state index contributed by atoms with van der Waals surface area (Å²) in [4.78, 5) is 36.0. The predicted octanol–water partition coefficient (Wildman–Crippen LogP) is 1.71. The minimum Gasteiger partial charge on any atom is -0.495 e.